The number of anilines is 2. The summed E-state index contributed by atoms with van der Waals surface area (Å²) in [5.74, 6) is 0.0681. The number of benzene rings is 2. The molecule has 3 fully saturated rings. The Balaban J connectivity index is 1.25. The second-order valence-corrected chi connectivity index (χ2v) is 10.7. The highest BCUT2D eigenvalue weighted by molar-refractivity contribution is 6.02. The van der Waals surface area contributed by atoms with E-state index < -0.39 is 0 Å². The number of carbonyl (C=O) groups excluding carboxylic acids is 2. The average Bonchev–Trinajstić information content (AvgIpc) is 3.50. The maximum atomic E-state index is 13.4. The number of nitrogens with zero attached hydrogens (tertiary/aromatic N) is 3. The van der Waals surface area contributed by atoms with E-state index in [9.17, 15) is 9.59 Å². The van der Waals surface area contributed by atoms with E-state index in [1.165, 1.54) is 5.56 Å². The fourth-order valence-electron chi connectivity index (χ4n) is 5.74. The zero-order valence-corrected chi connectivity index (χ0v) is 22.4. The summed E-state index contributed by atoms with van der Waals surface area (Å²) in [4.78, 5) is 33.3. The van der Waals surface area contributed by atoms with Gasteiger partial charge in [-0.15, -0.1) is 0 Å². The van der Waals surface area contributed by atoms with E-state index >= 15 is 0 Å². The zero-order valence-electron chi connectivity index (χ0n) is 22.4. The highest BCUT2D eigenvalue weighted by Gasteiger charge is 2.25. The van der Waals surface area contributed by atoms with Gasteiger partial charge in [-0.3, -0.25) is 19.4 Å². The number of nitrogens with one attached hydrogen (secondary N) is 2. The first kappa shape index (κ1) is 26.7. The summed E-state index contributed by atoms with van der Waals surface area (Å²) in [6.07, 6.45) is 4.13. The summed E-state index contributed by atoms with van der Waals surface area (Å²) in [6, 6.07) is 16.4. The molecule has 2 saturated heterocycles. The van der Waals surface area contributed by atoms with E-state index in [-0.39, 0.29) is 17.7 Å². The molecule has 8 nitrogen and oxygen atoms in total. The lowest BCUT2D eigenvalue weighted by Gasteiger charge is -2.37. The molecule has 1 aliphatic carbocycles. The van der Waals surface area contributed by atoms with Gasteiger partial charge in [-0.05, 0) is 36.6 Å². The number of morpholine rings is 1. The van der Waals surface area contributed by atoms with Crippen molar-refractivity contribution in [3.05, 3.63) is 59.7 Å². The van der Waals surface area contributed by atoms with Gasteiger partial charge in [0.25, 0.3) is 5.91 Å². The Morgan fingerprint density at radius 1 is 0.868 bits per heavy atom. The SMILES string of the molecule is O=C(NCCN1CCOCC1)c1cc(NC(=O)C2CCCC2)ccc1N1CCN(Cc2ccccc2)CC1. The molecular formula is C30H41N5O3. The van der Waals surface area contributed by atoms with Crippen LogP contribution in [0.3, 0.4) is 0 Å². The van der Waals surface area contributed by atoms with Crippen LogP contribution in [-0.4, -0.2) is 87.2 Å². The highest BCUT2D eigenvalue weighted by Crippen LogP contribution is 2.29. The summed E-state index contributed by atoms with van der Waals surface area (Å²) < 4.78 is 5.43. The summed E-state index contributed by atoms with van der Waals surface area (Å²) >= 11 is 0. The van der Waals surface area contributed by atoms with Crippen molar-refractivity contribution in [1.29, 1.82) is 0 Å². The third-order valence-electron chi connectivity index (χ3n) is 8.01. The second kappa shape index (κ2) is 13.2. The standard InChI is InChI=1S/C30H41N5O3/c36-29(25-8-4-5-9-25)32-26-10-11-28(27(22-26)30(37)31-12-13-33-18-20-38-21-19-33)35-16-14-34(15-17-35)23-24-6-2-1-3-7-24/h1-3,6-7,10-11,22,25H,4-5,8-9,12-21,23H2,(H,31,37)(H,32,36). The van der Waals surface area contributed by atoms with E-state index in [2.05, 4.69) is 55.7 Å². The van der Waals surface area contributed by atoms with Crippen molar-refractivity contribution in [1.82, 2.24) is 15.1 Å². The first-order valence-corrected chi connectivity index (χ1v) is 14.2. The van der Waals surface area contributed by atoms with E-state index in [0.717, 1.165) is 96.9 Å². The lowest BCUT2D eigenvalue weighted by atomic mass is 10.1. The van der Waals surface area contributed by atoms with Gasteiger partial charge in [0.05, 0.1) is 18.8 Å². The van der Waals surface area contributed by atoms with Crippen LogP contribution in [0.5, 0.6) is 0 Å². The van der Waals surface area contributed by atoms with Gasteiger partial charge in [0.2, 0.25) is 5.91 Å². The lowest BCUT2D eigenvalue weighted by Crippen LogP contribution is -2.46. The fraction of sp³-hybridized carbons (Fsp3) is 0.533. The monoisotopic (exact) mass is 519 g/mol. The predicted molar refractivity (Wildman–Crippen MR) is 151 cm³/mol. The summed E-state index contributed by atoms with van der Waals surface area (Å²) in [5, 5.41) is 6.22. The van der Waals surface area contributed by atoms with Crippen LogP contribution in [0.25, 0.3) is 0 Å². The molecule has 2 amide bonds. The molecule has 8 heteroatoms. The largest absolute Gasteiger partial charge is 0.379 e. The van der Waals surface area contributed by atoms with Crippen LogP contribution < -0.4 is 15.5 Å². The van der Waals surface area contributed by atoms with Crippen molar-refractivity contribution >= 4 is 23.2 Å². The van der Waals surface area contributed by atoms with E-state index in [0.29, 0.717) is 17.8 Å². The molecule has 2 aliphatic heterocycles. The molecule has 0 atom stereocenters. The number of rotatable bonds is 9. The Hall–Kier alpha value is -2.94. The fourth-order valence-corrected chi connectivity index (χ4v) is 5.74. The van der Waals surface area contributed by atoms with Gasteiger partial charge in [0.1, 0.15) is 0 Å². The number of amides is 2. The van der Waals surface area contributed by atoms with Crippen molar-refractivity contribution in [2.24, 2.45) is 5.92 Å². The lowest BCUT2D eigenvalue weighted by molar-refractivity contribution is -0.119. The number of ether oxygens (including phenoxy) is 1. The van der Waals surface area contributed by atoms with Crippen LogP contribution >= 0.6 is 0 Å². The van der Waals surface area contributed by atoms with Crippen molar-refractivity contribution in [3.63, 3.8) is 0 Å². The van der Waals surface area contributed by atoms with E-state index in [1.54, 1.807) is 0 Å². The molecule has 0 aromatic heterocycles. The Labute approximate surface area is 226 Å². The van der Waals surface area contributed by atoms with E-state index in [4.69, 9.17) is 4.74 Å². The van der Waals surface area contributed by atoms with Gasteiger partial charge in [0, 0.05) is 76.2 Å². The van der Waals surface area contributed by atoms with Gasteiger partial charge in [-0.2, -0.15) is 0 Å². The zero-order chi connectivity index (χ0) is 26.2. The molecular weight excluding hydrogens is 478 g/mol. The van der Waals surface area contributed by atoms with Crippen LogP contribution in [0, 0.1) is 5.92 Å². The summed E-state index contributed by atoms with van der Waals surface area (Å²) in [5.41, 5.74) is 3.59. The maximum Gasteiger partial charge on any atom is 0.253 e. The minimum absolute atomic E-state index is 0.0726. The third-order valence-corrected chi connectivity index (χ3v) is 8.01. The molecule has 5 rings (SSSR count). The molecule has 0 unspecified atom stereocenters. The third kappa shape index (κ3) is 7.12. The topological polar surface area (TPSA) is 77.2 Å². The van der Waals surface area contributed by atoms with Crippen LogP contribution in [0.15, 0.2) is 48.5 Å². The molecule has 1 saturated carbocycles. The number of hydrogen-bond donors (Lipinski definition) is 2. The average molecular weight is 520 g/mol. The maximum absolute atomic E-state index is 13.4. The Bertz CT molecular complexity index is 1060. The second-order valence-electron chi connectivity index (χ2n) is 10.7. The van der Waals surface area contributed by atoms with Crippen LogP contribution in [0.2, 0.25) is 0 Å². The van der Waals surface area contributed by atoms with Crippen molar-refractivity contribution in [2.75, 3.05) is 75.8 Å². The summed E-state index contributed by atoms with van der Waals surface area (Å²) in [7, 11) is 0. The van der Waals surface area contributed by atoms with Gasteiger partial charge in [0.15, 0.2) is 0 Å². The number of hydrogen-bond acceptors (Lipinski definition) is 6. The van der Waals surface area contributed by atoms with Gasteiger partial charge in [-0.1, -0.05) is 43.2 Å². The quantitative estimate of drug-likeness (QED) is 0.530. The highest BCUT2D eigenvalue weighted by atomic mass is 16.5. The Kier molecular flexibility index (Phi) is 9.28. The molecule has 3 aliphatic rings. The molecule has 2 aromatic rings. The van der Waals surface area contributed by atoms with Crippen molar-refractivity contribution in [2.45, 2.75) is 32.2 Å². The summed E-state index contributed by atoms with van der Waals surface area (Å²) in [6.45, 7) is 9.21. The normalized spacial score (nSPS) is 19.4. The first-order chi connectivity index (χ1) is 18.7. The Morgan fingerprint density at radius 2 is 1.61 bits per heavy atom. The molecule has 2 heterocycles. The first-order valence-electron chi connectivity index (χ1n) is 14.2. The number of carbonyl (C=O) groups is 2. The van der Waals surface area contributed by atoms with Crippen molar-refractivity contribution in [3.8, 4) is 0 Å². The molecule has 204 valence electrons. The molecule has 0 spiro atoms. The van der Waals surface area contributed by atoms with Gasteiger partial charge >= 0.3 is 0 Å². The minimum Gasteiger partial charge on any atom is -0.379 e. The van der Waals surface area contributed by atoms with E-state index in [1.807, 2.05) is 18.2 Å². The smallest absolute Gasteiger partial charge is 0.253 e. The van der Waals surface area contributed by atoms with Gasteiger partial charge < -0.3 is 20.3 Å². The molecule has 2 aromatic carbocycles. The Morgan fingerprint density at radius 3 is 2.34 bits per heavy atom. The van der Waals surface area contributed by atoms with Gasteiger partial charge in [-0.25, -0.2) is 0 Å². The van der Waals surface area contributed by atoms with Crippen LogP contribution in [0.1, 0.15) is 41.6 Å². The molecule has 0 radical (unpaired) electrons. The van der Waals surface area contributed by atoms with Crippen molar-refractivity contribution < 1.29 is 14.3 Å². The van der Waals surface area contributed by atoms with Crippen LogP contribution in [0.4, 0.5) is 11.4 Å². The molecule has 0 bridgehead atoms. The minimum atomic E-state index is -0.0862. The van der Waals surface area contributed by atoms with Crippen LogP contribution in [-0.2, 0) is 16.1 Å². The predicted octanol–water partition coefficient (Wildman–Crippen LogP) is 3.20. The number of piperazine rings is 1. The molecule has 38 heavy (non-hydrogen) atoms. The molecule has 2 N–H and O–H groups in total.